The van der Waals surface area contributed by atoms with Gasteiger partial charge in [0.15, 0.2) is 0 Å². The molecule has 0 bridgehead atoms. The Kier molecular flexibility index (Phi) is 4.43. The van der Waals surface area contributed by atoms with Crippen LogP contribution in [0.15, 0.2) is 24.3 Å². The predicted octanol–water partition coefficient (Wildman–Crippen LogP) is 2.34. The molecule has 0 spiro atoms. The maximum atomic E-state index is 5.75. The number of nitrogens with zero attached hydrogens (tertiary/aromatic N) is 1. The van der Waals surface area contributed by atoms with Crippen molar-refractivity contribution in [2.45, 2.75) is 25.8 Å². The van der Waals surface area contributed by atoms with Gasteiger partial charge in [-0.15, -0.1) is 12.4 Å². The van der Waals surface area contributed by atoms with E-state index in [9.17, 15) is 0 Å². The monoisotopic (exact) mass is 226 g/mol. The van der Waals surface area contributed by atoms with Crippen LogP contribution < -0.4 is 10.6 Å². The molecule has 1 atom stereocenters. The van der Waals surface area contributed by atoms with Gasteiger partial charge in [-0.05, 0) is 31.9 Å². The number of benzene rings is 1. The minimum Gasteiger partial charge on any atom is -0.367 e. The first-order valence-electron chi connectivity index (χ1n) is 5.34. The number of halogens is 1. The van der Waals surface area contributed by atoms with Crippen molar-refractivity contribution in [2.75, 3.05) is 18.0 Å². The zero-order valence-electron chi connectivity index (χ0n) is 9.15. The highest BCUT2D eigenvalue weighted by atomic mass is 35.5. The lowest BCUT2D eigenvalue weighted by atomic mass is 10.2. The van der Waals surface area contributed by atoms with Crippen molar-refractivity contribution >= 4 is 18.1 Å². The van der Waals surface area contributed by atoms with Gasteiger partial charge in [-0.1, -0.05) is 17.7 Å². The topological polar surface area (TPSA) is 29.3 Å². The second-order valence-corrected chi connectivity index (χ2v) is 4.06. The smallest absolute Gasteiger partial charge is 0.0412 e. The van der Waals surface area contributed by atoms with E-state index in [0.29, 0.717) is 6.04 Å². The lowest BCUT2D eigenvalue weighted by molar-refractivity contribution is 0.677. The molecule has 84 valence electrons. The largest absolute Gasteiger partial charge is 0.367 e. The summed E-state index contributed by atoms with van der Waals surface area (Å²) in [5.41, 5.74) is 8.39. The number of anilines is 1. The fraction of sp³-hybridized carbons (Fsp3) is 0.500. The first kappa shape index (κ1) is 12.3. The van der Waals surface area contributed by atoms with Gasteiger partial charge in [0.05, 0.1) is 0 Å². The van der Waals surface area contributed by atoms with Crippen molar-refractivity contribution in [1.29, 1.82) is 0 Å². The SMILES string of the molecule is Cc1ccc(N2CCCC2CN)cc1.Cl. The van der Waals surface area contributed by atoms with Crippen molar-refractivity contribution in [3.63, 3.8) is 0 Å². The quantitative estimate of drug-likeness (QED) is 0.839. The first-order chi connectivity index (χ1) is 6.81. The molecule has 0 saturated carbocycles. The molecule has 2 nitrogen and oxygen atoms in total. The lowest BCUT2D eigenvalue weighted by Gasteiger charge is -2.25. The Morgan fingerprint density at radius 2 is 2.00 bits per heavy atom. The van der Waals surface area contributed by atoms with Crippen LogP contribution in [-0.4, -0.2) is 19.1 Å². The standard InChI is InChI=1S/C12H18N2.ClH/c1-10-4-6-11(7-5-10)14-8-2-3-12(14)9-13;/h4-7,12H,2-3,8-9,13H2,1H3;1H. The van der Waals surface area contributed by atoms with E-state index in [1.54, 1.807) is 0 Å². The van der Waals surface area contributed by atoms with E-state index in [1.165, 1.54) is 24.1 Å². The minimum absolute atomic E-state index is 0. The first-order valence-corrected chi connectivity index (χ1v) is 5.34. The molecule has 1 aromatic carbocycles. The second kappa shape index (κ2) is 5.38. The van der Waals surface area contributed by atoms with Crippen LogP contribution in [-0.2, 0) is 0 Å². The number of hydrogen-bond acceptors (Lipinski definition) is 2. The summed E-state index contributed by atoms with van der Waals surface area (Å²) in [6.07, 6.45) is 2.51. The molecule has 1 aliphatic heterocycles. The third-order valence-electron chi connectivity index (χ3n) is 3.01. The van der Waals surface area contributed by atoms with Gasteiger partial charge in [0.1, 0.15) is 0 Å². The van der Waals surface area contributed by atoms with Crippen LogP contribution in [0.2, 0.25) is 0 Å². The summed E-state index contributed by atoms with van der Waals surface area (Å²) in [5, 5.41) is 0. The van der Waals surface area contributed by atoms with Gasteiger partial charge < -0.3 is 10.6 Å². The van der Waals surface area contributed by atoms with E-state index in [1.807, 2.05) is 0 Å². The van der Waals surface area contributed by atoms with Crippen LogP contribution in [0, 0.1) is 6.92 Å². The number of hydrogen-bond donors (Lipinski definition) is 1. The molecule has 1 aromatic rings. The molecule has 1 fully saturated rings. The zero-order valence-corrected chi connectivity index (χ0v) is 9.96. The highest BCUT2D eigenvalue weighted by Gasteiger charge is 2.22. The fourth-order valence-electron chi connectivity index (χ4n) is 2.16. The van der Waals surface area contributed by atoms with E-state index in [0.717, 1.165) is 13.1 Å². The molecule has 0 aromatic heterocycles. The summed E-state index contributed by atoms with van der Waals surface area (Å²) < 4.78 is 0. The Hall–Kier alpha value is -0.730. The molecule has 15 heavy (non-hydrogen) atoms. The number of aryl methyl sites for hydroxylation is 1. The normalized spacial score (nSPS) is 20.1. The van der Waals surface area contributed by atoms with Gasteiger partial charge in [-0.3, -0.25) is 0 Å². The van der Waals surface area contributed by atoms with E-state index in [2.05, 4.69) is 36.1 Å². The van der Waals surface area contributed by atoms with Gasteiger partial charge in [-0.2, -0.15) is 0 Å². The molecular formula is C12H19ClN2. The minimum atomic E-state index is 0. The summed E-state index contributed by atoms with van der Waals surface area (Å²) in [7, 11) is 0. The van der Waals surface area contributed by atoms with Crippen LogP contribution in [0.25, 0.3) is 0 Å². The maximum absolute atomic E-state index is 5.75. The van der Waals surface area contributed by atoms with Crippen LogP contribution in [0.3, 0.4) is 0 Å². The van der Waals surface area contributed by atoms with Gasteiger partial charge >= 0.3 is 0 Å². The Bertz CT molecular complexity index is 297. The van der Waals surface area contributed by atoms with E-state index in [4.69, 9.17) is 5.73 Å². The molecule has 2 rings (SSSR count). The Labute approximate surface area is 97.9 Å². The van der Waals surface area contributed by atoms with Crippen LogP contribution in [0.4, 0.5) is 5.69 Å². The van der Waals surface area contributed by atoms with Gasteiger partial charge in [-0.25, -0.2) is 0 Å². The van der Waals surface area contributed by atoms with Crippen molar-refractivity contribution in [3.8, 4) is 0 Å². The summed E-state index contributed by atoms with van der Waals surface area (Å²) >= 11 is 0. The zero-order chi connectivity index (χ0) is 9.97. The van der Waals surface area contributed by atoms with Crippen LogP contribution in [0.5, 0.6) is 0 Å². The van der Waals surface area contributed by atoms with Crippen molar-refractivity contribution in [1.82, 2.24) is 0 Å². The third-order valence-corrected chi connectivity index (χ3v) is 3.01. The Morgan fingerprint density at radius 3 is 2.60 bits per heavy atom. The van der Waals surface area contributed by atoms with E-state index >= 15 is 0 Å². The summed E-state index contributed by atoms with van der Waals surface area (Å²) in [5.74, 6) is 0. The molecule has 1 aliphatic rings. The van der Waals surface area contributed by atoms with Crippen molar-refractivity contribution in [2.24, 2.45) is 5.73 Å². The molecule has 3 heteroatoms. The molecule has 1 saturated heterocycles. The fourth-order valence-corrected chi connectivity index (χ4v) is 2.16. The highest BCUT2D eigenvalue weighted by molar-refractivity contribution is 5.85. The Balaban J connectivity index is 0.00000112. The third kappa shape index (κ3) is 2.64. The van der Waals surface area contributed by atoms with Gasteiger partial charge in [0, 0.05) is 24.8 Å². The molecule has 2 N–H and O–H groups in total. The Morgan fingerprint density at radius 1 is 1.33 bits per heavy atom. The van der Waals surface area contributed by atoms with Crippen molar-refractivity contribution in [3.05, 3.63) is 29.8 Å². The second-order valence-electron chi connectivity index (χ2n) is 4.06. The molecule has 0 aliphatic carbocycles. The predicted molar refractivity (Wildman–Crippen MR) is 67.8 cm³/mol. The molecule has 1 heterocycles. The van der Waals surface area contributed by atoms with E-state index < -0.39 is 0 Å². The molecule has 0 radical (unpaired) electrons. The molecule has 1 unspecified atom stereocenters. The van der Waals surface area contributed by atoms with Crippen LogP contribution in [0.1, 0.15) is 18.4 Å². The van der Waals surface area contributed by atoms with Crippen molar-refractivity contribution < 1.29 is 0 Å². The van der Waals surface area contributed by atoms with Crippen LogP contribution >= 0.6 is 12.4 Å². The summed E-state index contributed by atoms with van der Waals surface area (Å²) in [6.45, 7) is 4.05. The van der Waals surface area contributed by atoms with E-state index in [-0.39, 0.29) is 12.4 Å². The van der Waals surface area contributed by atoms with Gasteiger partial charge in [0.2, 0.25) is 0 Å². The summed E-state index contributed by atoms with van der Waals surface area (Å²) in [6, 6.07) is 9.28. The number of nitrogens with two attached hydrogens (primary N) is 1. The molecule has 0 amide bonds. The lowest BCUT2D eigenvalue weighted by Crippen LogP contribution is -2.35. The molecular weight excluding hydrogens is 208 g/mol. The highest BCUT2D eigenvalue weighted by Crippen LogP contribution is 2.24. The average molecular weight is 227 g/mol. The summed E-state index contributed by atoms with van der Waals surface area (Å²) in [4.78, 5) is 2.43. The average Bonchev–Trinajstić information content (AvgIpc) is 2.67. The maximum Gasteiger partial charge on any atom is 0.0412 e. The number of rotatable bonds is 2. The van der Waals surface area contributed by atoms with Gasteiger partial charge in [0.25, 0.3) is 0 Å².